The Morgan fingerprint density at radius 2 is 2.00 bits per heavy atom. The lowest BCUT2D eigenvalue weighted by Crippen LogP contribution is -2.11. The van der Waals surface area contributed by atoms with Crippen LogP contribution < -0.4 is 10.5 Å². The van der Waals surface area contributed by atoms with Crippen LogP contribution in [0.1, 0.15) is 32.3 Å². The lowest BCUT2D eigenvalue weighted by Gasteiger charge is -2.12. The van der Waals surface area contributed by atoms with Crippen LogP contribution in [0.2, 0.25) is 0 Å². The zero-order chi connectivity index (χ0) is 12.0. The van der Waals surface area contributed by atoms with Crippen LogP contribution in [0.25, 0.3) is 0 Å². The molecule has 0 aliphatic rings. The van der Waals surface area contributed by atoms with Gasteiger partial charge in [0, 0.05) is 5.56 Å². The maximum atomic E-state index is 7.27. The summed E-state index contributed by atoms with van der Waals surface area (Å²) in [4.78, 5) is 0. The van der Waals surface area contributed by atoms with Gasteiger partial charge < -0.3 is 10.5 Å². The molecule has 1 rings (SSSR count). The molecular formula is C13H20N2O. The van der Waals surface area contributed by atoms with E-state index in [0.717, 1.165) is 17.9 Å². The fourth-order valence-electron chi connectivity index (χ4n) is 1.55. The fraction of sp³-hybridized carbons (Fsp3) is 0.462. The molecule has 0 aliphatic carbocycles. The Balaban J connectivity index is 2.46. The number of hydrogen-bond donors (Lipinski definition) is 2. The normalized spacial score (nSPS) is 12.1. The van der Waals surface area contributed by atoms with Gasteiger partial charge in [-0.2, -0.15) is 0 Å². The van der Waals surface area contributed by atoms with Gasteiger partial charge in [0.2, 0.25) is 0 Å². The summed E-state index contributed by atoms with van der Waals surface area (Å²) >= 11 is 0. The third-order valence-corrected chi connectivity index (χ3v) is 2.48. The minimum atomic E-state index is 0.0888. The van der Waals surface area contributed by atoms with E-state index in [1.807, 2.05) is 24.3 Å². The van der Waals surface area contributed by atoms with Crippen LogP contribution >= 0.6 is 0 Å². The Morgan fingerprint density at radius 1 is 1.38 bits per heavy atom. The molecule has 0 saturated heterocycles. The number of hydrogen-bond acceptors (Lipinski definition) is 2. The van der Waals surface area contributed by atoms with E-state index in [2.05, 4.69) is 13.8 Å². The molecule has 3 heteroatoms. The molecule has 88 valence electrons. The lowest BCUT2D eigenvalue weighted by molar-refractivity contribution is 0.251. The first-order chi connectivity index (χ1) is 7.63. The monoisotopic (exact) mass is 220 g/mol. The predicted octanol–water partition coefficient (Wildman–Crippen LogP) is 2.79. The van der Waals surface area contributed by atoms with Crippen molar-refractivity contribution in [3.05, 3.63) is 29.8 Å². The van der Waals surface area contributed by atoms with Gasteiger partial charge in [-0.15, -0.1) is 0 Å². The van der Waals surface area contributed by atoms with Gasteiger partial charge in [0.15, 0.2) is 0 Å². The third kappa shape index (κ3) is 3.93. The highest BCUT2D eigenvalue weighted by atomic mass is 16.5. The van der Waals surface area contributed by atoms with Crippen molar-refractivity contribution in [2.75, 3.05) is 6.61 Å². The molecule has 0 amide bonds. The highest BCUT2D eigenvalue weighted by Crippen LogP contribution is 2.14. The quantitative estimate of drug-likeness (QED) is 0.572. The summed E-state index contributed by atoms with van der Waals surface area (Å²) in [7, 11) is 0. The molecule has 1 unspecified atom stereocenters. The molecule has 1 aromatic rings. The average Bonchev–Trinajstić information content (AvgIpc) is 2.27. The molecule has 0 bridgehead atoms. The van der Waals surface area contributed by atoms with Crippen LogP contribution in [0, 0.1) is 11.3 Å². The number of amidine groups is 1. The highest BCUT2D eigenvalue weighted by Gasteiger charge is 2.02. The van der Waals surface area contributed by atoms with Crippen molar-refractivity contribution in [2.45, 2.75) is 26.7 Å². The fourth-order valence-corrected chi connectivity index (χ4v) is 1.55. The third-order valence-electron chi connectivity index (χ3n) is 2.48. The number of nitrogen functional groups attached to an aromatic ring is 1. The summed E-state index contributed by atoms with van der Waals surface area (Å²) < 4.78 is 5.64. The van der Waals surface area contributed by atoms with Crippen LogP contribution in [0.4, 0.5) is 0 Å². The number of nitrogens with two attached hydrogens (primary N) is 1. The molecule has 0 saturated carbocycles. The van der Waals surface area contributed by atoms with Gasteiger partial charge in [-0.25, -0.2) is 0 Å². The smallest absolute Gasteiger partial charge is 0.122 e. The zero-order valence-corrected chi connectivity index (χ0v) is 9.99. The Labute approximate surface area is 97.1 Å². The largest absolute Gasteiger partial charge is 0.493 e. The SMILES string of the molecule is CCCC(C)COc1ccc(C(=N)N)cc1. The van der Waals surface area contributed by atoms with Crippen LogP contribution in [0.15, 0.2) is 24.3 Å². The molecule has 0 aliphatic heterocycles. The van der Waals surface area contributed by atoms with Crippen molar-refractivity contribution in [3.8, 4) is 5.75 Å². The van der Waals surface area contributed by atoms with E-state index in [0.29, 0.717) is 5.92 Å². The van der Waals surface area contributed by atoms with Crippen molar-refractivity contribution in [1.29, 1.82) is 5.41 Å². The summed E-state index contributed by atoms with van der Waals surface area (Å²) in [5.41, 5.74) is 6.10. The standard InChI is InChI=1S/C13H20N2O/c1-3-4-10(2)9-16-12-7-5-11(6-8-12)13(14)15/h5-8,10H,3-4,9H2,1-2H3,(H3,14,15). The average molecular weight is 220 g/mol. The second kappa shape index (κ2) is 6.16. The molecule has 0 heterocycles. The highest BCUT2D eigenvalue weighted by molar-refractivity contribution is 5.94. The summed E-state index contributed by atoms with van der Waals surface area (Å²) in [6, 6.07) is 7.33. The van der Waals surface area contributed by atoms with Gasteiger partial charge in [-0.3, -0.25) is 5.41 Å². The van der Waals surface area contributed by atoms with Crippen molar-refractivity contribution in [3.63, 3.8) is 0 Å². The van der Waals surface area contributed by atoms with Crippen molar-refractivity contribution < 1.29 is 4.74 Å². The summed E-state index contributed by atoms with van der Waals surface area (Å²) in [6.45, 7) is 5.11. The topological polar surface area (TPSA) is 59.1 Å². The molecule has 1 atom stereocenters. The Hall–Kier alpha value is -1.51. The Morgan fingerprint density at radius 3 is 2.50 bits per heavy atom. The molecule has 0 fully saturated rings. The maximum Gasteiger partial charge on any atom is 0.122 e. The summed E-state index contributed by atoms with van der Waals surface area (Å²) in [5.74, 6) is 1.51. The Kier molecular flexibility index (Phi) is 4.83. The lowest BCUT2D eigenvalue weighted by atomic mass is 10.1. The summed E-state index contributed by atoms with van der Waals surface area (Å²) in [5, 5.41) is 7.27. The summed E-state index contributed by atoms with van der Waals surface area (Å²) in [6.07, 6.45) is 2.37. The van der Waals surface area contributed by atoms with E-state index in [9.17, 15) is 0 Å². The van der Waals surface area contributed by atoms with E-state index in [-0.39, 0.29) is 5.84 Å². The zero-order valence-electron chi connectivity index (χ0n) is 9.99. The van der Waals surface area contributed by atoms with E-state index < -0.39 is 0 Å². The first-order valence-electron chi connectivity index (χ1n) is 5.70. The minimum Gasteiger partial charge on any atom is -0.493 e. The van der Waals surface area contributed by atoms with Gasteiger partial charge >= 0.3 is 0 Å². The minimum absolute atomic E-state index is 0.0888. The van der Waals surface area contributed by atoms with Crippen LogP contribution in [-0.4, -0.2) is 12.4 Å². The van der Waals surface area contributed by atoms with Crippen LogP contribution in [0.5, 0.6) is 5.75 Å². The van der Waals surface area contributed by atoms with Crippen molar-refractivity contribution in [1.82, 2.24) is 0 Å². The molecule has 3 N–H and O–H groups in total. The van der Waals surface area contributed by atoms with Gasteiger partial charge in [-0.1, -0.05) is 20.3 Å². The van der Waals surface area contributed by atoms with E-state index in [4.69, 9.17) is 15.9 Å². The predicted molar refractivity (Wildman–Crippen MR) is 67.0 cm³/mol. The molecule has 16 heavy (non-hydrogen) atoms. The van der Waals surface area contributed by atoms with Gasteiger partial charge in [0.25, 0.3) is 0 Å². The molecule has 3 nitrogen and oxygen atoms in total. The first-order valence-corrected chi connectivity index (χ1v) is 5.70. The van der Waals surface area contributed by atoms with Crippen LogP contribution in [-0.2, 0) is 0 Å². The number of nitrogens with one attached hydrogen (secondary N) is 1. The molecule has 0 radical (unpaired) electrons. The van der Waals surface area contributed by atoms with E-state index >= 15 is 0 Å². The van der Waals surface area contributed by atoms with Gasteiger partial charge in [0.1, 0.15) is 11.6 Å². The van der Waals surface area contributed by atoms with E-state index in [1.54, 1.807) is 0 Å². The molecule has 1 aromatic carbocycles. The van der Waals surface area contributed by atoms with E-state index in [1.165, 1.54) is 12.8 Å². The van der Waals surface area contributed by atoms with Crippen molar-refractivity contribution in [2.24, 2.45) is 11.7 Å². The van der Waals surface area contributed by atoms with Gasteiger partial charge in [0.05, 0.1) is 6.61 Å². The van der Waals surface area contributed by atoms with Gasteiger partial charge in [-0.05, 0) is 36.6 Å². The number of ether oxygens (including phenoxy) is 1. The second-order valence-corrected chi connectivity index (χ2v) is 4.14. The number of benzene rings is 1. The first kappa shape index (κ1) is 12.6. The van der Waals surface area contributed by atoms with Crippen molar-refractivity contribution >= 4 is 5.84 Å². The molecular weight excluding hydrogens is 200 g/mol. The van der Waals surface area contributed by atoms with Crippen LogP contribution in [0.3, 0.4) is 0 Å². The molecule has 0 spiro atoms. The number of rotatable bonds is 6. The molecule has 0 aromatic heterocycles. The Bertz CT molecular complexity index is 332. The maximum absolute atomic E-state index is 7.27. The second-order valence-electron chi connectivity index (χ2n) is 4.14.